The summed E-state index contributed by atoms with van der Waals surface area (Å²) in [6.07, 6.45) is 1.63. The van der Waals surface area contributed by atoms with Gasteiger partial charge >= 0.3 is 0 Å². The molecular weight excluding hydrogens is 484 g/mol. The van der Waals surface area contributed by atoms with Gasteiger partial charge < -0.3 is 9.47 Å². The summed E-state index contributed by atoms with van der Waals surface area (Å²) in [7, 11) is 1.51. The molecule has 0 atom stereocenters. The monoisotopic (exact) mass is 498 g/mol. The van der Waals surface area contributed by atoms with Crippen molar-refractivity contribution in [3.8, 4) is 17.6 Å². The highest BCUT2D eigenvalue weighted by Crippen LogP contribution is 2.38. The Morgan fingerprint density at radius 3 is 2.45 bits per heavy atom. The maximum Gasteiger partial charge on any atom is 0.269 e. The van der Waals surface area contributed by atoms with E-state index >= 15 is 0 Å². The van der Waals surface area contributed by atoms with Crippen molar-refractivity contribution in [2.24, 2.45) is 0 Å². The molecule has 3 aromatic rings. The van der Waals surface area contributed by atoms with E-state index in [9.17, 15) is 15.4 Å². The first-order chi connectivity index (χ1) is 14.9. The number of hydrogen-bond donors (Lipinski definition) is 0. The van der Waals surface area contributed by atoms with Gasteiger partial charge in [-0.3, -0.25) is 10.1 Å². The molecule has 0 aliphatic carbocycles. The highest BCUT2D eigenvalue weighted by atomic mass is 79.9. The van der Waals surface area contributed by atoms with E-state index in [4.69, 9.17) is 21.1 Å². The highest BCUT2D eigenvalue weighted by Gasteiger charge is 2.13. The molecule has 8 heteroatoms. The van der Waals surface area contributed by atoms with Crippen LogP contribution in [0.1, 0.15) is 16.7 Å². The fourth-order valence-corrected chi connectivity index (χ4v) is 3.35. The van der Waals surface area contributed by atoms with Crippen molar-refractivity contribution >= 4 is 44.9 Å². The number of nitro benzene ring substituents is 1. The van der Waals surface area contributed by atoms with Gasteiger partial charge in [0.15, 0.2) is 11.5 Å². The molecule has 0 aromatic heterocycles. The molecule has 0 heterocycles. The second-order valence-electron chi connectivity index (χ2n) is 6.42. The molecule has 0 saturated carbocycles. The average molecular weight is 500 g/mol. The van der Waals surface area contributed by atoms with Gasteiger partial charge in [0.1, 0.15) is 6.61 Å². The maximum atomic E-state index is 10.8. The SMILES string of the molecule is COc1cc(/C=C(/C#N)c2ccc([N+](=O)[O-])cc2)cc(Cl)c1OCc1ccc(Br)cc1. The number of nitrogens with zero attached hydrogens (tertiary/aromatic N) is 2. The topological polar surface area (TPSA) is 85.4 Å². The lowest BCUT2D eigenvalue weighted by molar-refractivity contribution is -0.384. The number of hydrogen-bond acceptors (Lipinski definition) is 5. The molecule has 0 N–H and O–H groups in total. The minimum Gasteiger partial charge on any atom is -0.493 e. The number of nitriles is 1. The summed E-state index contributed by atoms with van der Waals surface area (Å²) >= 11 is 9.83. The van der Waals surface area contributed by atoms with E-state index in [0.29, 0.717) is 39.8 Å². The zero-order valence-electron chi connectivity index (χ0n) is 16.3. The summed E-state index contributed by atoms with van der Waals surface area (Å²) in [6, 6.07) is 19.0. The third-order valence-electron chi connectivity index (χ3n) is 4.37. The summed E-state index contributed by atoms with van der Waals surface area (Å²) in [5.41, 5.74) is 2.44. The second-order valence-corrected chi connectivity index (χ2v) is 7.75. The van der Waals surface area contributed by atoms with Crippen molar-refractivity contribution in [2.75, 3.05) is 7.11 Å². The summed E-state index contributed by atoms with van der Waals surface area (Å²) in [4.78, 5) is 10.3. The molecule has 0 radical (unpaired) electrons. The number of allylic oxidation sites excluding steroid dienone is 1. The molecule has 3 rings (SSSR count). The molecule has 0 aliphatic rings. The Morgan fingerprint density at radius 2 is 1.87 bits per heavy atom. The smallest absolute Gasteiger partial charge is 0.269 e. The molecule has 0 fully saturated rings. The van der Waals surface area contributed by atoms with Crippen molar-refractivity contribution in [3.63, 3.8) is 0 Å². The zero-order chi connectivity index (χ0) is 22.4. The minimum absolute atomic E-state index is 0.0435. The molecule has 0 aliphatic heterocycles. The van der Waals surface area contributed by atoms with Crippen LogP contribution >= 0.6 is 27.5 Å². The van der Waals surface area contributed by atoms with Gasteiger partial charge in [-0.05, 0) is 59.2 Å². The van der Waals surface area contributed by atoms with Crippen LogP contribution in [0.25, 0.3) is 11.6 Å². The Morgan fingerprint density at radius 1 is 1.19 bits per heavy atom. The number of halogens is 2. The van der Waals surface area contributed by atoms with Gasteiger partial charge in [0, 0.05) is 16.6 Å². The lowest BCUT2D eigenvalue weighted by Gasteiger charge is -2.14. The number of methoxy groups -OCH3 is 1. The van der Waals surface area contributed by atoms with Gasteiger partial charge in [-0.2, -0.15) is 5.26 Å². The van der Waals surface area contributed by atoms with Crippen molar-refractivity contribution < 1.29 is 14.4 Å². The van der Waals surface area contributed by atoms with E-state index in [-0.39, 0.29) is 5.69 Å². The minimum atomic E-state index is -0.489. The van der Waals surface area contributed by atoms with Crippen LogP contribution in [0.2, 0.25) is 5.02 Å². The lowest BCUT2D eigenvalue weighted by Crippen LogP contribution is -1.99. The number of ether oxygens (including phenoxy) is 2. The van der Waals surface area contributed by atoms with Crippen LogP contribution in [-0.2, 0) is 6.61 Å². The Kier molecular flexibility index (Phi) is 7.29. The number of rotatable bonds is 7. The molecular formula is C23H16BrClN2O4. The highest BCUT2D eigenvalue weighted by molar-refractivity contribution is 9.10. The molecule has 0 spiro atoms. The number of non-ortho nitro benzene ring substituents is 1. The van der Waals surface area contributed by atoms with Crippen LogP contribution < -0.4 is 9.47 Å². The van der Waals surface area contributed by atoms with Gasteiger partial charge in [-0.1, -0.05) is 39.7 Å². The first-order valence-corrected chi connectivity index (χ1v) is 10.2. The number of benzene rings is 3. The van der Waals surface area contributed by atoms with Gasteiger partial charge in [-0.25, -0.2) is 0 Å². The maximum absolute atomic E-state index is 10.8. The van der Waals surface area contributed by atoms with E-state index in [2.05, 4.69) is 22.0 Å². The largest absolute Gasteiger partial charge is 0.493 e. The summed E-state index contributed by atoms with van der Waals surface area (Å²) in [5, 5.41) is 20.7. The summed E-state index contributed by atoms with van der Waals surface area (Å²) in [5.74, 6) is 0.829. The quantitative estimate of drug-likeness (QED) is 0.157. The Labute approximate surface area is 192 Å². The molecule has 6 nitrogen and oxygen atoms in total. The predicted molar refractivity (Wildman–Crippen MR) is 123 cm³/mol. The fourth-order valence-electron chi connectivity index (χ4n) is 2.81. The third-order valence-corrected chi connectivity index (χ3v) is 5.18. The van der Waals surface area contributed by atoms with Crippen LogP contribution in [0.5, 0.6) is 11.5 Å². The molecule has 0 saturated heterocycles. The van der Waals surface area contributed by atoms with Crippen LogP contribution in [0.3, 0.4) is 0 Å². The van der Waals surface area contributed by atoms with E-state index in [1.54, 1.807) is 18.2 Å². The number of nitro groups is 1. The molecule has 31 heavy (non-hydrogen) atoms. The fraction of sp³-hybridized carbons (Fsp3) is 0.0870. The molecule has 156 valence electrons. The van der Waals surface area contributed by atoms with Gasteiger partial charge in [-0.15, -0.1) is 0 Å². The van der Waals surface area contributed by atoms with Crippen molar-refractivity contribution in [2.45, 2.75) is 6.61 Å². The first kappa shape index (κ1) is 22.3. The predicted octanol–water partition coefficient (Wildman–Crippen LogP) is 6.66. The molecule has 3 aromatic carbocycles. The zero-order valence-corrected chi connectivity index (χ0v) is 18.7. The Bertz CT molecular complexity index is 1170. The van der Waals surface area contributed by atoms with Crippen molar-refractivity contribution in [1.82, 2.24) is 0 Å². The van der Waals surface area contributed by atoms with E-state index in [1.807, 2.05) is 24.3 Å². The third kappa shape index (κ3) is 5.63. The van der Waals surface area contributed by atoms with Crippen LogP contribution in [0.15, 0.2) is 65.1 Å². The van der Waals surface area contributed by atoms with Gasteiger partial charge in [0.2, 0.25) is 0 Å². The van der Waals surface area contributed by atoms with Crippen molar-refractivity contribution in [3.05, 3.63) is 97.0 Å². The summed E-state index contributed by atoms with van der Waals surface area (Å²) < 4.78 is 12.3. The average Bonchev–Trinajstić information content (AvgIpc) is 2.77. The van der Waals surface area contributed by atoms with Gasteiger partial charge in [0.05, 0.1) is 28.7 Å². The van der Waals surface area contributed by atoms with Gasteiger partial charge in [0.25, 0.3) is 5.69 Å². The Balaban J connectivity index is 1.87. The Hall–Kier alpha value is -3.34. The second kappa shape index (κ2) is 10.1. The van der Waals surface area contributed by atoms with Crippen molar-refractivity contribution in [1.29, 1.82) is 5.26 Å². The first-order valence-electron chi connectivity index (χ1n) is 9.02. The lowest BCUT2D eigenvalue weighted by atomic mass is 10.0. The standard InChI is InChI=1S/C23H16BrClN2O4/c1-30-22-12-16(10-18(13-26)17-4-8-20(9-5-17)27(28)29)11-21(25)23(22)31-14-15-2-6-19(24)7-3-15/h2-12H,14H2,1H3/b18-10-. The van der Waals surface area contributed by atoms with Crippen LogP contribution in [0, 0.1) is 21.4 Å². The molecule has 0 unspecified atom stereocenters. The molecule has 0 bridgehead atoms. The van der Waals surface area contributed by atoms with Crippen LogP contribution in [0.4, 0.5) is 5.69 Å². The van der Waals surface area contributed by atoms with Crippen LogP contribution in [-0.4, -0.2) is 12.0 Å². The normalized spacial score (nSPS) is 11.0. The van der Waals surface area contributed by atoms with E-state index in [1.165, 1.54) is 31.4 Å². The molecule has 0 amide bonds. The van der Waals surface area contributed by atoms with E-state index in [0.717, 1.165) is 10.0 Å². The summed E-state index contributed by atoms with van der Waals surface area (Å²) in [6.45, 7) is 0.310. The van der Waals surface area contributed by atoms with E-state index < -0.39 is 4.92 Å².